The summed E-state index contributed by atoms with van der Waals surface area (Å²) < 4.78 is 7.68. The van der Waals surface area contributed by atoms with Gasteiger partial charge in [-0.05, 0) is 43.6 Å². The first-order chi connectivity index (χ1) is 10.6. The Morgan fingerprint density at radius 2 is 2.00 bits per heavy atom. The second-order valence-electron chi connectivity index (χ2n) is 6.75. The SMILES string of the molecule is CC1CN(C(=O)c2cnn(C)c2Br)CCN1C(=O)OC(C)(C)C. The highest BCUT2D eigenvalue weighted by Gasteiger charge is 2.33. The summed E-state index contributed by atoms with van der Waals surface area (Å²) in [7, 11) is 1.77. The number of ether oxygens (including phenoxy) is 1. The first-order valence-corrected chi connectivity index (χ1v) is 8.36. The molecule has 0 bridgehead atoms. The van der Waals surface area contributed by atoms with Crippen LogP contribution in [0.1, 0.15) is 38.1 Å². The van der Waals surface area contributed by atoms with Crippen molar-refractivity contribution in [3.8, 4) is 0 Å². The Morgan fingerprint density at radius 1 is 1.35 bits per heavy atom. The van der Waals surface area contributed by atoms with E-state index in [1.807, 2.05) is 27.7 Å². The smallest absolute Gasteiger partial charge is 0.410 e. The van der Waals surface area contributed by atoms with Crippen molar-refractivity contribution in [1.82, 2.24) is 19.6 Å². The third-order valence-corrected chi connectivity index (χ3v) is 4.58. The largest absolute Gasteiger partial charge is 0.444 e. The van der Waals surface area contributed by atoms with E-state index in [2.05, 4.69) is 21.0 Å². The molecule has 1 aromatic rings. The molecule has 1 aromatic heterocycles. The van der Waals surface area contributed by atoms with E-state index in [9.17, 15) is 9.59 Å². The number of hydrogen-bond acceptors (Lipinski definition) is 4. The van der Waals surface area contributed by atoms with Gasteiger partial charge in [0.1, 0.15) is 10.2 Å². The molecule has 1 atom stereocenters. The molecule has 1 unspecified atom stereocenters. The minimum absolute atomic E-state index is 0.0827. The number of piperazine rings is 1. The van der Waals surface area contributed by atoms with Crippen LogP contribution >= 0.6 is 15.9 Å². The van der Waals surface area contributed by atoms with Crippen LogP contribution in [0.25, 0.3) is 0 Å². The molecule has 2 amide bonds. The number of rotatable bonds is 1. The van der Waals surface area contributed by atoms with E-state index in [4.69, 9.17) is 4.74 Å². The molecular formula is C15H23BrN4O3. The average Bonchev–Trinajstić information content (AvgIpc) is 2.76. The molecule has 8 heteroatoms. The van der Waals surface area contributed by atoms with Gasteiger partial charge in [-0.15, -0.1) is 0 Å². The normalized spacial score (nSPS) is 19.0. The second kappa shape index (κ2) is 6.51. The topological polar surface area (TPSA) is 67.7 Å². The zero-order chi connectivity index (χ0) is 17.4. The summed E-state index contributed by atoms with van der Waals surface area (Å²) >= 11 is 3.37. The lowest BCUT2D eigenvalue weighted by Gasteiger charge is -2.40. The molecule has 0 saturated carbocycles. The third-order valence-electron chi connectivity index (χ3n) is 3.64. The maximum atomic E-state index is 12.6. The van der Waals surface area contributed by atoms with Crippen molar-refractivity contribution in [2.75, 3.05) is 19.6 Å². The van der Waals surface area contributed by atoms with E-state index < -0.39 is 5.60 Å². The van der Waals surface area contributed by atoms with Crippen LogP contribution in [0, 0.1) is 0 Å². The molecule has 1 aliphatic heterocycles. The number of nitrogens with zero attached hydrogens (tertiary/aromatic N) is 4. The van der Waals surface area contributed by atoms with Crippen molar-refractivity contribution in [3.63, 3.8) is 0 Å². The molecule has 0 aliphatic carbocycles. The fraction of sp³-hybridized carbons (Fsp3) is 0.667. The Balaban J connectivity index is 2.02. The van der Waals surface area contributed by atoms with Gasteiger partial charge in [-0.1, -0.05) is 0 Å². The van der Waals surface area contributed by atoms with Crippen molar-refractivity contribution >= 4 is 27.9 Å². The number of amides is 2. The summed E-state index contributed by atoms with van der Waals surface area (Å²) in [4.78, 5) is 28.2. The van der Waals surface area contributed by atoms with Crippen LogP contribution in [-0.2, 0) is 11.8 Å². The van der Waals surface area contributed by atoms with Crippen molar-refractivity contribution in [3.05, 3.63) is 16.4 Å². The van der Waals surface area contributed by atoms with E-state index in [0.29, 0.717) is 29.8 Å². The summed E-state index contributed by atoms with van der Waals surface area (Å²) in [6, 6.07) is -0.0991. The molecule has 7 nitrogen and oxygen atoms in total. The standard InChI is InChI=1S/C15H23BrN4O3/c1-10-9-19(13(21)11-8-17-18(5)12(11)16)6-7-20(10)14(22)23-15(2,3)4/h8,10H,6-7,9H2,1-5H3. The Kier molecular flexibility index (Phi) is 5.03. The zero-order valence-electron chi connectivity index (χ0n) is 14.2. The van der Waals surface area contributed by atoms with Gasteiger partial charge in [0.15, 0.2) is 0 Å². The molecule has 0 radical (unpaired) electrons. The summed E-state index contributed by atoms with van der Waals surface area (Å²) in [6.45, 7) is 8.85. The van der Waals surface area contributed by atoms with Crippen molar-refractivity contribution in [2.45, 2.75) is 39.3 Å². The van der Waals surface area contributed by atoms with Crippen LogP contribution in [0.15, 0.2) is 10.8 Å². The van der Waals surface area contributed by atoms with E-state index in [1.165, 1.54) is 0 Å². The van der Waals surface area contributed by atoms with Gasteiger partial charge in [0.05, 0.1) is 11.8 Å². The highest BCUT2D eigenvalue weighted by Crippen LogP contribution is 2.20. The van der Waals surface area contributed by atoms with Crippen LogP contribution in [0.3, 0.4) is 0 Å². The van der Waals surface area contributed by atoms with E-state index >= 15 is 0 Å². The molecule has 128 valence electrons. The van der Waals surface area contributed by atoms with Crippen molar-refractivity contribution in [2.24, 2.45) is 7.05 Å². The Hall–Kier alpha value is -1.57. The lowest BCUT2D eigenvalue weighted by molar-refractivity contribution is 0.00197. The minimum atomic E-state index is -0.523. The Morgan fingerprint density at radius 3 is 2.48 bits per heavy atom. The van der Waals surface area contributed by atoms with Gasteiger partial charge in [0, 0.05) is 32.7 Å². The number of aryl methyl sites for hydroxylation is 1. The first kappa shape index (κ1) is 17.8. The highest BCUT2D eigenvalue weighted by atomic mass is 79.9. The molecule has 2 heterocycles. The number of carbonyl (C=O) groups excluding carboxylic acids is 2. The van der Waals surface area contributed by atoms with Crippen LogP contribution < -0.4 is 0 Å². The maximum absolute atomic E-state index is 12.6. The van der Waals surface area contributed by atoms with Crippen LogP contribution in [0.2, 0.25) is 0 Å². The molecule has 1 fully saturated rings. The van der Waals surface area contributed by atoms with Gasteiger partial charge in [0.2, 0.25) is 0 Å². The predicted molar refractivity (Wildman–Crippen MR) is 89.2 cm³/mol. The molecule has 2 rings (SSSR count). The van der Waals surface area contributed by atoms with E-state index in [-0.39, 0.29) is 18.0 Å². The molecule has 1 saturated heterocycles. The molecular weight excluding hydrogens is 364 g/mol. The third kappa shape index (κ3) is 4.04. The lowest BCUT2D eigenvalue weighted by atomic mass is 10.1. The quantitative estimate of drug-likeness (QED) is 0.742. The minimum Gasteiger partial charge on any atom is -0.444 e. The first-order valence-electron chi connectivity index (χ1n) is 7.56. The Labute approximate surface area is 144 Å². The number of aromatic nitrogens is 2. The van der Waals surface area contributed by atoms with Crippen LogP contribution in [0.5, 0.6) is 0 Å². The lowest BCUT2D eigenvalue weighted by Crippen LogP contribution is -2.56. The number of carbonyl (C=O) groups is 2. The van der Waals surface area contributed by atoms with Crippen LogP contribution in [-0.4, -0.2) is 62.9 Å². The second-order valence-corrected chi connectivity index (χ2v) is 7.50. The van der Waals surface area contributed by atoms with Crippen molar-refractivity contribution in [1.29, 1.82) is 0 Å². The van der Waals surface area contributed by atoms with Gasteiger partial charge in [-0.25, -0.2) is 4.79 Å². The fourth-order valence-electron chi connectivity index (χ4n) is 2.47. The number of halogens is 1. The molecule has 1 aliphatic rings. The van der Waals surface area contributed by atoms with E-state index in [1.54, 1.807) is 27.7 Å². The Bertz CT molecular complexity index is 608. The van der Waals surface area contributed by atoms with Gasteiger partial charge < -0.3 is 14.5 Å². The summed E-state index contributed by atoms with van der Waals surface area (Å²) in [5.74, 6) is -0.0827. The van der Waals surface area contributed by atoms with Crippen molar-refractivity contribution < 1.29 is 14.3 Å². The predicted octanol–water partition coefficient (Wildman–Crippen LogP) is 2.26. The molecule has 0 spiro atoms. The summed E-state index contributed by atoms with van der Waals surface area (Å²) in [5.41, 5.74) is 0.00931. The van der Waals surface area contributed by atoms with E-state index in [0.717, 1.165) is 0 Å². The average molecular weight is 387 g/mol. The molecule has 23 heavy (non-hydrogen) atoms. The number of hydrogen-bond donors (Lipinski definition) is 0. The summed E-state index contributed by atoms with van der Waals surface area (Å²) in [5, 5.41) is 4.07. The van der Waals surface area contributed by atoms with Gasteiger partial charge >= 0.3 is 6.09 Å². The molecule has 0 N–H and O–H groups in total. The maximum Gasteiger partial charge on any atom is 0.410 e. The monoisotopic (exact) mass is 386 g/mol. The molecule has 0 aromatic carbocycles. The van der Waals surface area contributed by atoms with Gasteiger partial charge in [-0.2, -0.15) is 5.10 Å². The highest BCUT2D eigenvalue weighted by molar-refractivity contribution is 9.10. The van der Waals surface area contributed by atoms with Gasteiger partial charge in [0.25, 0.3) is 5.91 Å². The zero-order valence-corrected chi connectivity index (χ0v) is 15.8. The fourth-order valence-corrected chi connectivity index (χ4v) is 2.83. The van der Waals surface area contributed by atoms with Gasteiger partial charge in [-0.3, -0.25) is 9.48 Å². The van der Waals surface area contributed by atoms with Crippen LogP contribution in [0.4, 0.5) is 4.79 Å². The summed E-state index contributed by atoms with van der Waals surface area (Å²) in [6.07, 6.45) is 1.22.